The van der Waals surface area contributed by atoms with Crippen molar-refractivity contribution in [3.63, 3.8) is 0 Å². The Balaban J connectivity index is 2.43. The first kappa shape index (κ1) is 11.7. The molecule has 0 amide bonds. The third-order valence-electron chi connectivity index (χ3n) is 3.65. The highest BCUT2D eigenvalue weighted by molar-refractivity contribution is 5.40. The highest BCUT2D eigenvalue weighted by atomic mass is 14.9. The van der Waals surface area contributed by atoms with Crippen LogP contribution >= 0.6 is 0 Å². The second-order valence-electron chi connectivity index (χ2n) is 5.01. The summed E-state index contributed by atoms with van der Waals surface area (Å²) < 4.78 is 0. The zero-order valence-corrected chi connectivity index (χ0v) is 10.8. The van der Waals surface area contributed by atoms with E-state index in [0.717, 1.165) is 6.54 Å². The molecule has 1 aliphatic carbocycles. The highest BCUT2D eigenvalue weighted by Gasteiger charge is 2.19. The fourth-order valence-electron chi connectivity index (χ4n) is 2.95. The van der Waals surface area contributed by atoms with Crippen molar-refractivity contribution in [2.75, 3.05) is 6.54 Å². The van der Waals surface area contributed by atoms with Gasteiger partial charge in [-0.15, -0.1) is 0 Å². The molecule has 0 bridgehead atoms. The summed E-state index contributed by atoms with van der Waals surface area (Å²) in [7, 11) is 0. The monoisotopic (exact) mass is 217 g/mol. The summed E-state index contributed by atoms with van der Waals surface area (Å²) in [5, 5.41) is 3.64. The Bertz CT molecular complexity index is 368. The second-order valence-corrected chi connectivity index (χ2v) is 5.01. The van der Waals surface area contributed by atoms with Gasteiger partial charge in [0.25, 0.3) is 0 Å². The molecule has 0 fully saturated rings. The maximum atomic E-state index is 3.64. The molecular weight excluding hydrogens is 194 g/mol. The standard InChI is InChI=1S/C15H23N/c1-4-16-15-8-6-5-7-13-12(3)9-11(2)10-14(13)15/h9-10,15-16H,4-8H2,1-3H3. The molecule has 2 rings (SSSR count). The zero-order valence-electron chi connectivity index (χ0n) is 10.8. The lowest BCUT2D eigenvalue weighted by atomic mass is 9.93. The molecule has 1 aromatic carbocycles. The van der Waals surface area contributed by atoms with E-state index in [0.29, 0.717) is 6.04 Å². The fourth-order valence-corrected chi connectivity index (χ4v) is 2.95. The van der Waals surface area contributed by atoms with Crippen LogP contribution in [0, 0.1) is 13.8 Å². The van der Waals surface area contributed by atoms with Gasteiger partial charge in [0.05, 0.1) is 0 Å². The third-order valence-corrected chi connectivity index (χ3v) is 3.65. The van der Waals surface area contributed by atoms with Crippen LogP contribution in [0.2, 0.25) is 0 Å². The van der Waals surface area contributed by atoms with Crippen LogP contribution in [0.4, 0.5) is 0 Å². The van der Waals surface area contributed by atoms with Gasteiger partial charge in [-0.3, -0.25) is 0 Å². The Morgan fingerprint density at radius 3 is 2.81 bits per heavy atom. The molecule has 1 aliphatic rings. The molecule has 1 unspecified atom stereocenters. The van der Waals surface area contributed by atoms with Gasteiger partial charge >= 0.3 is 0 Å². The van der Waals surface area contributed by atoms with Crippen LogP contribution in [-0.4, -0.2) is 6.54 Å². The van der Waals surface area contributed by atoms with Crippen molar-refractivity contribution in [2.45, 2.75) is 52.5 Å². The van der Waals surface area contributed by atoms with E-state index < -0.39 is 0 Å². The van der Waals surface area contributed by atoms with E-state index in [-0.39, 0.29) is 0 Å². The minimum absolute atomic E-state index is 0.584. The van der Waals surface area contributed by atoms with E-state index in [1.54, 1.807) is 11.1 Å². The average molecular weight is 217 g/mol. The lowest BCUT2D eigenvalue weighted by Gasteiger charge is -2.20. The SMILES string of the molecule is CCNC1CCCCc2c(C)cc(C)cc21. The first-order valence-corrected chi connectivity index (χ1v) is 6.55. The predicted molar refractivity (Wildman–Crippen MR) is 69.9 cm³/mol. The predicted octanol–water partition coefficient (Wildman–Crippen LogP) is 3.68. The smallest absolute Gasteiger partial charge is 0.0323 e. The number of hydrogen-bond donors (Lipinski definition) is 1. The first-order chi connectivity index (χ1) is 7.72. The number of rotatable bonds is 2. The summed E-state index contributed by atoms with van der Waals surface area (Å²) in [6.07, 6.45) is 5.26. The molecule has 0 heterocycles. The maximum absolute atomic E-state index is 3.64. The molecular formula is C15H23N. The van der Waals surface area contributed by atoms with Gasteiger partial charge < -0.3 is 5.32 Å². The number of benzene rings is 1. The van der Waals surface area contributed by atoms with Crippen molar-refractivity contribution in [1.82, 2.24) is 5.32 Å². The van der Waals surface area contributed by atoms with Gasteiger partial charge in [0.2, 0.25) is 0 Å². The van der Waals surface area contributed by atoms with Crippen molar-refractivity contribution in [2.24, 2.45) is 0 Å². The second kappa shape index (κ2) is 5.01. The summed E-state index contributed by atoms with van der Waals surface area (Å²) in [6, 6.07) is 5.30. The van der Waals surface area contributed by atoms with Gasteiger partial charge in [-0.25, -0.2) is 0 Å². The molecule has 16 heavy (non-hydrogen) atoms. The molecule has 0 aromatic heterocycles. The first-order valence-electron chi connectivity index (χ1n) is 6.55. The van der Waals surface area contributed by atoms with E-state index in [4.69, 9.17) is 0 Å². The van der Waals surface area contributed by atoms with Gasteiger partial charge in [0, 0.05) is 6.04 Å². The maximum Gasteiger partial charge on any atom is 0.0323 e. The molecule has 0 saturated heterocycles. The summed E-state index contributed by atoms with van der Waals surface area (Å²) in [5.74, 6) is 0. The molecule has 1 aromatic rings. The summed E-state index contributed by atoms with van der Waals surface area (Å²) in [6.45, 7) is 7.74. The van der Waals surface area contributed by atoms with Crippen molar-refractivity contribution in [1.29, 1.82) is 0 Å². The lowest BCUT2D eigenvalue weighted by Crippen LogP contribution is -2.21. The normalized spacial score (nSPS) is 20.3. The van der Waals surface area contributed by atoms with E-state index in [1.807, 2.05) is 0 Å². The van der Waals surface area contributed by atoms with Crippen LogP contribution in [0.15, 0.2) is 12.1 Å². The minimum atomic E-state index is 0.584. The Morgan fingerprint density at radius 2 is 2.06 bits per heavy atom. The van der Waals surface area contributed by atoms with Crippen LogP contribution in [-0.2, 0) is 6.42 Å². The minimum Gasteiger partial charge on any atom is -0.310 e. The van der Waals surface area contributed by atoms with Gasteiger partial charge in [-0.2, -0.15) is 0 Å². The topological polar surface area (TPSA) is 12.0 Å². The number of nitrogens with one attached hydrogen (secondary N) is 1. The summed E-state index contributed by atoms with van der Waals surface area (Å²) in [5.41, 5.74) is 6.06. The van der Waals surface area contributed by atoms with Crippen LogP contribution < -0.4 is 5.32 Å². The van der Waals surface area contributed by atoms with Crippen molar-refractivity contribution >= 4 is 0 Å². The molecule has 1 atom stereocenters. The quantitative estimate of drug-likeness (QED) is 0.745. The Labute approximate surface area is 99.3 Å². The lowest BCUT2D eigenvalue weighted by molar-refractivity contribution is 0.503. The number of hydrogen-bond acceptors (Lipinski definition) is 1. The van der Waals surface area contributed by atoms with Crippen LogP contribution in [0.25, 0.3) is 0 Å². The van der Waals surface area contributed by atoms with Crippen LogP contribution in [0.5, 0.6) is 0 Å². The molecule has 88 valence electrons. The van der Waals surface area contributed by atoms with E-state index in [1.165, 1.54) is 36.8 Å². The van der Waals surface area contributed by atoms with E-state index in [2.05, 4.69) is 38.2 Å². The average Bonchev–Trinajstić information content (AvgIpc) is 2.42. The van der Waals surface area contributed by atoms with Gasteiger partial charge in [0.15, 0.2) is 0 Å². The fraction of sp³-hybridized carbons (Fsp3) is 0.600. The van der Waals surface area contributed by atoms with Gasteiger partial charge in [0.1, 0.15) is 0 Å². The highest BCUT2D eigenvalue weighted by Crippen LogP contribution is 2.31. The summed E-state index contributed by atoms with van der Waals surface area (Å²) >= 11 is 0. The molecule has 0 aliphatic heterocycles. The molecule has 0 saturated carbocycles. The molecule has 1 N–H and O–H groups in total. The molecule has 1 heteroatoms. The van der Waals surface area contributed by atoms with Crippen molar-refractivity contribution < 1.29 is 0 Å². The van der Waals surface area contributed by atoms with Crippen molar-refractivity contribution in [3.8, 4) is 0 Å². The number of aryl methyl sites for hydroxylation is 2. The van der Waals surface area contributed by atoms with Crippen molar-refractivity contribution in [3.05, 3.63) is 34.4 Å². The van der Waals surface area contributed by atoms with Crippen LogP contribution in [0.3, 0.4) is 0 Å². The Hall–Kier alpha value is -0.820. The molecule has 0 spiro atoms. The Kier molecular flexibility index (Phi) is 3.65. The third kappa shape index (κ3) is 2.30. The van der Waals surface area contributed by atoms with E-state index in [9.17, 15) is 0 Å². The zero-order chi connectivity index (χ0) is 11.5. The largest absolute Gasteiger partial charge is 0.310 e. The van der Waals surface area contributed by atoms with E-state index >= 15 is 0 Å². The molecule has 0 radical (unpaired) electrons. The molecule has 1 nitrogen and oxygen atoms in total. The number of fused-ring (bicyclic) bond motifs is 1. The Morgan fingerprint density at radius 1 is 1.25 bits per heavy atom. The van der Waals surface area contributed by atoms with Gasteiger partial charge in [-0.1, -0.05) is 31.0 Å². The van der Waals surface area contributed by atoms with Gasteiger partial charge in [-0.05, 0) is 56.3 Å². The van der Waals surface area contributed by atoms with Crippen LogP contribution in [0.1, 0.15) is 54.5 Å². The summed E-state index contributed by atoms with van der Waals surface area (Å²) in [4.78, 5) is 0.